The van der Waals surface area contributed by atoms with Crippen molar-refractivity contribution in [3.05, 3.63) is 90.0 Å². The number of hydrogen-bond acceptors (Lipinski definition) is 4. The van der Waals surface area contributed by atoms with Crippen LogP contribution in [0.25, 0.3) is 0 Å². The molecular formula is C25H29N2O4P. The van der Waals surface area contributed by atoms with Crippen molar-refractivity contribution in [3.63, 3.8) is 0 Å². The molecule has 0 heterocycles. The molecule has 0 aliphatic rings. The van der Waals surface area contributed by atoms with Gasteiger partial charge < -0.3 is 14.4 Å². The van der Waals surface area contributed by atoms with Gasteiger partial charge in [-0.1, -0.05) is 82.3 Å². The van der Waals surface area contributed by atoms with Gasteiger partial charge >= 0.3 is 13.8 Å². The van der Waals surface area contributed by atoms with Gasteiger partial charge in [0.05, 0.1) is 0 Å². The summed E-state index contributed by atoms with van der Waals surface area (Å²) < 4.78 is 24.8. The van der Waals surface area contributed by atoms with Crippen LogP contribution in [0.1, 0.15) is 50.7 Å². The molecule has 0 spiro atoms. The number of hydrogen-bond donors (Lipinski definition) is 2. The molecule has 2 amide bonds. The van der Waals surface area contributed by atoms with Gasteiger partial charge in [-0.05, 0) is 47.2 Å². The highest BCUT2D eigenvalue weighted by molar-refractivity contribution is 7.53. The molecule has 6 nitrogen and oxygen atoms in total. The number of anilines is 1. The Hall–Kier alpha value is -3.24. The summed E-state index contributed by atoms with van der Waals surface area (Å²) in [5.74, 6) is 1.02. The van der Waals surface area contributed by atoms with E-state index in [0.717, 1.165) is 11.1 Å². The SMILES string of the molecule is CC(C)c1cccc(C(C)C)c1NC(=O)NP(=O)(Oc1ccccc1)Oc1ccccc1. The van der Waals surface area contributed by atoms with Crippen LogP contribution in [-0.2, 0) is 4.57 Å². The van der Waals surface area contributed by atoms with E-state index in [-0.39, 0.29) is 11.8 Å². The van der Waals surface area contributed by atoms with E-state index in [2.05, 4.69) is 38.1 Å². The molecule has 32 heavy (non-hydrogen) atoms. The lowest BCUT2D eigenvalue weighted by Crippen LogP contribution is -2.31. The van der Waals surface area contributed by atoms with Crippen molar-refractivity contribution in [2.45, 2.75) is 39.5 Å². The third-order valence-electron chi connectivity index (χ3n) is 4.79. The Bertz CT molecular complexity index is 1010. The van der Waals surface area contributed by atoms with Crippen molar-refractivity contribution in [1.29, 1.82) is 0 Å². The molecule has 0 saturated carbocycles. The summed E-state index contributed by atoms with van der Waals surface area (Å²) in [6, 6.07) is 22.5. The molecule has 3 rings (SSSR count). The zero-order valence-electron chi connectivity index (χ0n) is 18.7. The van der Waals surface area contributed by atoms with Gasteiger partial charge in [0.15, 0.2) is 0 Å². The molecule has 0 aliphatic carbocycles. The first-order valence-corrected chi connectivity index (χ1v) is 12.1. The first-order chi connectivity index (χ1) is 15.3. The topological polar surface area (TPSA) is 76.7 Å². The second-order valence-electron chi connectivity index (χ2n) is 7.99. The zero-order valence-corrected chi connectivity index (χ0v) is 19.6. The fourth-order valence-corrected chi connectivity index (χ4v) is 4.50. The Labute approximate surface area is 189 Å². The average molecular weight is 452 g/mol. The summed E-state index contributed by atoms with van der Waals surface area (Å²) in [6.45, 7) is 8.24. The molecule has 7 heteroatoms. The van der Waals surface area contributed by atoms with Crippen LogP contribution in [0.3, 0.4) is 0 Å². The monoisotopic (exact) mass is 452 g/mol. The standard InChI is InChI=1S/C25H29N2O4P/c1-18(2)22-16-11-17-23(19(3)4)24(22)26-25(28)27-32(29,30-20-12-7-5-8-13-20)31-21-14-9-6-10-15-21/h5-19H,1-4H3,(H2,26,27,28,29). The van der Waals surface area contributed by atoms with Crippen molar-refractivity contribution >= 4 is 19.5 Å². The zero-order chi connectivity index (χ0) is 23.1. The van der Waals surface area contributed by atoms with E-state index < -0.39 is 13.8 Å². The minimum Gasteiger partial charge on any atom is -0.400 e. The van der Waals surface area contributed by atoms with Crippen LogP contribution in [0, 0.1) is 0 Å². The van der Waals surface area contributed by atoms with Crippen molar-refractivity contribution in [2.24, 2.45) is 0 Å². The molecule has 0 atom stereocenters. The van der Waals surface area contributed by atoms with E-state index in [1.54, 1.807) is 48.5 Å². The number of carbonyl (C=O) groups is 1. The summed E-state index contributed by atoms with van der Waals surface area (Å²) in [6.07, 6.45) is 0. The van der Waals surface area contributed by atoms with Gasteiger partial charge in [-0.25, -0.2) is 14.4 Å². The highest BCUT2D eigenvalue weighted by Crippen LogP contribution is 2.45. The minimum atomic E-state index is -4.10. The molecule has 0 bridgehead atoms. The van der Waals surface area contributed by atoms with E-state index in [0.29, 0.717) is 17.2 Å². The highest BCUT2D eigenvalue weighted by Gasteiger charge is 2.32. The summed E-state index contributed by atoms with van der Waals surface area (Å²) >= 11 is 0. The molecule has 3 aromatic carbocycles. The van der Waals surface area contributed by atoms with Crippen molar-refractivity contribution < 1.29 is 18.4 Å². The van der Waals surface area contributed by atoms with Gasteiger partial charge in [-0.15, -0.1) is 0 Å². The molecular weight excluding hydrogens is 423 g/mol. The van der Waals surface area contributed by atoms with Crippen molar-refractivity contribution in [2.75, 3.05) is 5.32 Å². The van der Waals surface area contributed by atoms with Crippen LogP contribution >= 0.6 is 7.75 Å². The van der Waals surface area contributed by atoms with Gasteiger partial charge in [0.2, 0.25) is 0 Å². The van der Waals surface area contributed by atoms with Crippen LogP contribution < -0.4 is 19.5 Å². The Morgan fingerprint density at radius 1 is 0.719 bits per heavy atom. The second-order valence-corrected chi connectivity index (χ2v) is 9.58. The largest absolute Gasteiger partial charge is 0.545 e. The van der Waals surface area contributed by atoms with E-state index in [1.807, 2.05) is 30.3 Å². The molecule has 0 aliphatic heterocycles. The Balaban J connectivity index is 1.88. The van der Waals surface area contributed by atoms with Crippen molar-refractivity contribution in [1.82, 2.24) is 5.09 Å². The predicted molar refractivity (Wildman–Crippen MR) is 129 cm³/mol. The minimum absolute atomic E-state index is 0.192. The number of nitrogens with one attached hydrogen (secondary N) is 2. The van der Waals surface area contributed by atoms with Gasteiger partial charge in [0, 0.05) is 5.69 Å². The second kappa shape index (κ2) is 10.4. The number of benzene rings is 3. The quantitative estimate of drug-likeness (QED) is 0.351. The molecule has 2 N–H and O–H groups in total. The van der Waals surface area contributed by atoms with E-state index in [9.17, 15) is 9.36 Å². The lowest BCUT2D eigenvalue weighted by molar-refractivity contribution is 0.253. The number of urea groups is 1. The van der Waals surface area contributed by atoms with Gasteiger partial charge in [0.1, 0.15) is 11.5 Å². The predicted octanol–water partition coefficient (Wildman–Crippen LogP) is 7.32. The van der Waals surface area contributed by atoms with E-state index in [4.69, 9.17) is 9.05 Å². The maximum atomic E-state index is 13.6. The molecule has 0 aromatic heterocycles. The molecule has 0 saturated heterocycles. The summed E-state index contributed by atoms with van der Waals surface area (Å²) in [5, 5.41) is 5.32. The van der Waals surface area contributed by atoms with Crippen LogP contribution in [0.5, 0.6) is 11.5 Å². The maximum Gasteiger partial charge on any atom is 0.545 e. The van der Waals surface area contributed by atoms with Gasteiger partial charge in [-0.3, -0.25) is 0 Å². The molecule has 0 unspecified atom stereocenters. The van der Waals surface area contributed by atoms with Crippen LogP contribution in [-0.4, -0.2) is 6.03 Å². The summed E-state index contributed by atoms with van der Waals surface area (Å²) in [7, 11) is -4.10. The third kappa shape index (κ3) is 6.14. The maximum absolute atomic E-state index is 13.6. The summed E-state index contributed by atoms with van der Waals surface area (Å²) in [5.41, 5.74) is 2.70. The third-order valence-corrected chi connectivity index (χ3v) is 6.17. The van der Waals surface area contributed by atoms with Crippen LogP contribution in [0.2, 0.25) is 0 Å². The Morgan fingerprint density at radius 2 is 1.16 bits per heavy atom. The number of amides is 2. The normalized spacial score (nSPS) is 11.3. The first-order valence-electron chi connectivity index (χ1n) is 10.6. The Morgan fingerprint density at radius 3 is 1.56 bits per heavy atom. The van der Waals surface area contributed by atoms with Crippen molar-refractivity contribution in [3.8, 4) is 11.5 Å². The molecule has 0 radical (unpaired) electrons. The lowest BCUT2D eigenvalue weighted by atomic mass is 9.93. The van der Waals surface area contributed by atoms with E-state index in [1.165, 1.54) is 0 Å². The van der Waals surface area contributed by atoms with Crippen LogP contribution in [0.4, 0.5) is 10.5 Å². The molecule has 0 fully saturated rings. The van der Waals surface area contributed by atoms with Crippen LogP contribution in [0.15, 0.2) is 78.9 Å². The van der Waals surface area contributed by atoms with E-state index >= 15 is 0 Å². The fraction of sp³-hybridized carbons (Fsp3) is 0.240. The van der Waals surface area contributed by atoms with Gasteiger partial charge in [-0.2, -0.15) is 0 Å². The first kappa shape index (κ1) is 23.4. The Kier molecular flexibility index (Phi) is 7.60. The lowest BCUT2D eigenvalue weighted by Gasteiger charge is -2.23. The average Bonchev–Trinajstić information content (AvgIpc) is 2.74. The van der Waals surface area contributed by atoms with Gasteiger partial charge in [0.25, 0.3) is 0 Å². The highest BCUT2D eigenvalue weighted by atomic mass is 31.2. The summed E-state index contributed by atoms with van der Waals surface area (Å²) in [4.78, 5) is 13.0. The fourth-order valence-electron chi connectivity index (χ4n) is 3.27. The molecule has 3 aromatic rings. The number of carbonyl (C=O) groups excluding carboxylic acids is 1. The number of para-hydroxylation sites is 3. The number of rotatable bonds is 8. The smallest absolute Gasteiger partial charge is 0.400 e. The molecule has 168 valence electrons.